The molecule has 0 spiro atoms. The van der Waals surface area contributed by atoms with Crippen molar-refractivity contribution >= 4 is 70.1 Å². The first-order valence-corrected chi connectivity index (χ1v) is 7.92. The number of carbonyl (C=O) groups excluding carboxylic acids is 2. The Morgan fingerprint density at radius 2 is 1.54 bits per heavy atom. The van der Waals surface area contributed by atoms with Crippen molar-refractivity contribution in [3.8, 4) is 0 Å². The van der Waals surface area contributed by atoms with E-state index in [1.165, 1.54) is 24.4 Å². The zero-order valence-electron chi connectivity index (χ0n) is 11.8. The summed E-state index contributed by atoms with van der Waals surface area (Å²) in [6.07, 6.45) is 1.29. The highest BCUT2D eigenvalue weighted by Gasteiger charge is 2.14. The number of hydrogen-bond donors (Lipinski definition) is 2. The fourth-order valence-corrected chi connectivity index (χ4v) is 2.38. The van der Waals surface area contributed by atoms with Gasteiger partial charge in [0.15, 0.2) is 0 Å². The third-order valence-electron chi connectivity index (χ3n) is 2.72. The molecule has 2 rings (SSSR count). The van der Waals surface area contributed by atoms with Crippen LogP contribution in [0.5, 0.6) is 0 Å². The molecule has 0 aliphatic heterocycles. The van der Waals surface area contributed by atoms with Crippen LogP contribution in [-0.4, -0.2) is 18.0 Å². The zero-order valence-corrected chi connectivity index (χ0v) is 14.8. The first-order chi connectivity index (χ1) is 11.4. The molecule has 2 aromatic carbocycles. The van der Waals surface area contributed by atoms with Gasteiger partial charge in [0.05, 0.1) is 21.9 Å². The molecule has 0 unspecified atom stereocenters. The maximum atomic E-state index is 11.8. The lowest BCUT2D eigenvalue weighted by Gasteiger charge is -2.06. The Morgan fingerprint density at radius 1 is 0.875 bits per heavy atom. The molecule has 0 radical (unpaired) electrons. The number of carbonyl (C=O) groups is 2. The maximum absolute atomic E-state index is 11.8. The molecule has 2 N–H and O–H groups in total. The van der Waals surface area contributed by atoms with E-state index in [0.29, 0.717) is 20.6 Å². The molecule has 5 nitrogen and oxygen atoms in total. The summed E-state index contributed by atoms with van der Waals surface area (Å²) in [5.41, 5.74) is 2.82. The van der Waals surface area contributed by atoms with Crippen LogP contribution in [0.2, 0.25) is 20.1 Å². The average Bonchev–Trinajstić information content (AvgIpc) is 2.52. The van der Waals surface area contributed by atoms with E-state index in [9.17, 15) is 9.59 Å². The van der Waals surface area contributed by atoms with Crippen LogP contribution in [0.15, 0.2) is 41.5 Å². The molecule has 0 atom stereocenters. The number of nitrogens with one attached hydrogen (secondary N) is 2. The Hall–Kier alpha value is -1.79. The van der Waals surface area contributed by atoms with Gasteiger partial charge in [0.1, 0.15) is 0 Å². The summed E-state index contributed by atoms with van der Waals surface area (Å²) in [4.78, 5) is 23.5. The number of rotatable bonds is 3. The van der Waals surface area contributed by atoms with Crippen LogP contribution >= 0.6 is 46.4 Å². The van der Waals surface area contributed by atoms with E-state index in [4.69, 9.17) is 46.4 Å². The molecule has 2 amide bonds. The topological polar surface area (TPSA) is 70.6 Å². The number of amides is 2. The fraction of sp³-hybridized carbons (Fsp3) is 0. The molecular weight excluding hydrogens is 396 g/mol. The Morgan fingerprint density at radius 3 is 2.25 bits per heavy atom. The van der Waals surface area contributed by atoms with Gasteiger partial charge in [0.25, 0.3) is 0 Å². The third-order valence-corrected chi connectivity index (χ3v) is 3.84. The van der Waals surface area contributed by atoms with Crippen LogP contribution in [0.3, 0.4) is 0 Å². The SMILES string of the molecule is O=C(N/N=C/c1ccc(Cl)cc1Cl)C(=O)Nc1cc(Cl)ccc1Cl. The van der Waals surface area contributed by atoms with E-state index in [2.05, 4.69) is 15.8 Å². The van der Waals surface area contributed by atoms with Gasteiger partial charge in [-0.05, 0) is 30.3 Å². The molecule has 0 aliphatic rings. The number of anilines is 1. The standard InChI is InChI=1S/C15H9Cl4N3O2/c16-9-2-1-8(12(19)5-9)7-20-22-15(24)14(23)21-13-6-10(17)3-4-11(13)18/h1-7H,(H,21,23)(H,22,24)/b20-7+. The van der Waals surface area contributed by atoms with E-state index in [0.717, 1.165) is 0 Å². The molecule has 0 aliphatic carbocycles. The third kappa shape index (κ3) is 5.11. The number of nitrogens with zero attached hydrogens (tertiary/aromatic N) is 1. The second-order valence-electron chi connectivity index (χ2n) is 4.44. The number of hydrazone groups is 1. The van der Waals surface area contributed by atoms with Crippen LogP contribution in [0.1, 0.15) is 5.56 Å². The first kappa shape index (κ1) is 18.5. The van der Waals surface area contributed by atoms with E-state index in [1.54, 1.807) is 18.2 Å². The molecule has 124 valence electrons. The van der Waals surface area contributed by atoms with Crippen LogP contribution in [0.25, 0.3) is 0 Å². The van der Waals surface area contributed by atoms with Crippen LogP contribution in [0.4, 0.5) is 5.69 Å². The summed E-state index contributed by atoms with van der Waals surface area (Å²) < 4.78 is 0. The summed E-state index contributed by atoms with van der Waals surface area (Å²) in [7, 11) is 0. The highest BCUT2D eigenvalue weighted by Crippen LogP contribution is 2.25. The van der Waals surface area contributed by atoms with Crippen molar-refractivity contribution in [3.63, 3.8) is 0 Å². The fourth-order valence-electron chi connectivity index (χ4n) is 1.59. The molecule has 2 aromatic rings. The molecule has 0 aromatic heterocycles. The van der Waals surface area contributed by atoms with Gasteiger partial charge in [-0.3, -0.25) is 9.59 Å². The summed E-state index contributed by atoms with van der Waals surface area (Å²) >= 11 is 23.4. The highest BCUT2D eigenvalue weighted by molar-refractivity contribution is 6.42. The van der Waals surface area contributed by atoms with Crippen molar-refractivity contribution in [1.29, 1.82) is 0 Å². The minimum absolute atomic E-state index is 0.217. The lowest BCUT2D eigenvalue weighted by molar-refractivity contribution is -0.136. The Labute approximate surface area is 157 Å². The quantitative estimate of drug-likeness (QED) is 0.452. The van der Waals surface area contributed by atoms with Crippen molar-refractivity contribution in [1.82, 2.24) is 5.43 Å². The normalized spacial score (nSPS) is 10.7. The smallest absolute Gasteiger partial charge is 0.316 e. The Balaban J connectivity index is 1.97. The first-order valence-electron chi connectivity index (χ1n) is 6.41. The highest BCUT2D eigenvalue weighted by atomic mass is 35.5. The summed E-state index contributed by atoms with van der Waals surface area (Å²) in [5, 5.41) is 7.44. The molecule has 0 fully saturated rings. The molecule has 9 heteroatoms. The second-order valence-corrected chi connectivity index (χ2v) is 6.13. The zero-order chi connectivity index (χ0) is 17.7. The minimum atomic E-state index is -0.979. The Kier molecular flexibility index (Phi) is 6.45. The van der Waals surface area contributed by atoms with Gasteiger partial charge >= 0.3 is 11.8 Å². The van der Waals surface area contributed by atoms with Gasteiger partial charge in [-0.1, -0.05) is 52.5 Å². The summed E-state index contributed by atoms with van der Waals surface area (Å²) in [6, 6.07) is 9.24. The monoisotopic (exact) mass is 403 g/mol. The minimum Gasteiger partial charge on any atom is -0.316 e. The van der Waals surface area contributed by atoms with E-state index < -0.39 is 11.8 Å². The second kappa shape index (κ2) is 8.35. The van der Waals surface area contributed by atoms with Crippen LogP contribution < -0.4 is 10.7 Å². The van der Waals surface area contributed by atoms with Crippen molar-refractivity contribution in [2.24, 2.45) is 5.10 Å². The van der Waals surface area contributed by atoms with E-state index in [1.807, 2.05) is 0 Å². The number of hydrogen-bond acceptors (Lipinski definition) is 3. The van der Waals surface area contributed by atoms with E-state index in [-0.39, 0.29) is 10.7 Å². The van der Waals surface area contributed by atoms with Gasteiger partial charge in [0, 0.05) is 15.6 Å². The molecule has 24 heavy (non-hydrogen) atoms. The van der Waals surface area contributed by atoms with Gasteiger partial charge < -0.3 is 5.32 Å². The predicted octanol–water partition coefficient (Wildman–Crippen LogP) is 4.39. The molecular formula is C15H9Cl4N3O2. The van der Waals surface area contributed by atoms with Gasteiger partial charge in [0.2, 0.25) is 0 Å². The Bertz CT molecular complexity index is 824. The lowest BCUT2D eigenvalue weighted by atomic mass is 10.2. The summed E-state index contributed by atoms with van der Waals surface area (Å²) in [5.74, 6) is -1.93. The summed E-state index contributed by atoms with van der Waals surface area (Å²) in [6.45, 7) is 0. The van der Waals surface area contributed by atoms with Crippen molar-refractivity contribution in [2.75, 3.05) is 5.32 Å². The molecule has 0 saturated carbocycles. The number of halogens is 4. The molecule has 0 heterocycles. The largest absolute Gasteiger partial charge is 0.329 e. The van der Waals surface area contributed by atoms with Crippen molar-refractivity contribution < 1.29 is 9.59 Å². The van der Waals surface area contributed by atoms with Gasteiger partial charge in [-0.2, -0.15) is 5.10 Å². The van der Waals surface area contributed by atoms with Gasteiger partial charge in [-0.25, -0.2) is 5.43 Å². The van der Waals surface area contributed by atoms with Crippen molar-refractivity contribution in [3.05, 3.63) is 62.1 Å². The number of benzene rings is 2. The van der Waals surface area contributed by atoms with Crippen molar-refractivity contribution in [2.45, 2.75) is 0 Å². The van der Waals surface area contributed by atoms with Crippen LogP contribution in [0, 0.1) is 0 Å². The van der Waals surface area contributed by atoms with E-state index >= 15 is 0 Å². The maximum Gasteiger partial charge on any atom is 0.329 e. The predicted molar refractivity (Wildman–Crippen MR) is 97.3 cm³/mol. The average molecular weight is 405 g/mol. The van der Waals surface area contributed by atoms with Gasteiger partial charge in [-0.15, -0.1) is 0 Å². The molecule has 0 saturated heterocycles. The lowest BCUT2D eigenvalue weighted by Crippen LogP contribution is -2.32. The molecule has 0 bridgehead atoms. The van der Waals surface area contributed by atoms with Crippen LogP contribution in [-0.2, 0) is 9.59 Å².